The van der Waals surface area contributed by atoms with Gasteiger partial charge in [-0.3, -0.25) is 0 Å². The van der Waals surface area contributed by atoms with Crippen LogP contribution in [-0.4, -0.2) is 48.8 Å². The van der Waals surface area contributed by atoms with E-state index in [-0.39, 0.29) is 24.4 Å². The van der Waals surface area contributed by atoms with Crippen LogP contribution in [-0.2, 0) is 23.7 Å². The monoisotopic (exact) mass is 259 g/mol. The Morgan fingerprint density at radius 3 is 2.22 bits per heavy atom. The summed E-state index contributed by atoms with van der Waals surface area (Å²) in [7, 11) is 0. The van der Waals surface area contributed by atoms with Crippen LogP contribution >= 0.6 is 0 Å². The highest BCUT2D eigenvalue weighted by molar-refractivity contribution is 4.99. The van der Waals surface area contributed by atoms with Gasteiger partial charge in [0.2, 0.25) is 0 Å². The SMILES string of the molecule is CC1(C)O[C@H]2O[C@H]([C@@H]3COC(C)(C)O3)[C@@H](N)[C@@H]2O1. The largest absolute Gasteiger partial charge is 0.348 e. The Morgan fingerprint density at radius 1 is 0.944 bits per heavy atom. The predicted molar refractivity (Wildman–Crippen MR) is 61.6 cm³/mol. The molecule has 0 aliphatic carbocycles. The van der Waals surface area contributed by atoms with Gasteiger partial charge in [-0.1, -0.05) is 0 Å². The Hall–Kier alpha value is -0.240. The lowest BCUT2D eigenvalue weighted by molar-refractivity contribution is -0.222. The average molecular weight is 259 g/mol. The first-order valence-corrected chi connectivity index (χ1v) is 6.36. The van der Waals surface area contributed by atoms with Gasteiger partial charge in [0.1, 0.15) is 18.3 Å². The van der Waals surface area contributed by atoms with Crippen LogP contribution in [0.1, 0.15) is 27.7 Å². The summed E-state index contributed by atoms with van der Waals surface area (Å²) < 4.78 is 28.6. The Morgan fingerprint density at radius 2 is 1.67 bits per heavy atom. The zero-order valence-corrected chi connectivity index (χ0v) is 11.2. The maximum atomic E-state index is 6.19. The number of hydrogen-bond acceptors (Lipinski definition) is 6. The Balaban J connectivity index is 1.68. The fraction of sp³-hybridized carbons (Fsp3) is 1.00. The number of fused-ring (bicyclic) bond motifs is 1. The summed E-state index contributed by atoms with van der Waals surface area (Å²) in [6, 6.07) is -0.265. The van der Waals surface area contributed by atoms with Crippen molar-refractivity contribution >= 4 is 0 Å². The molecular formula is C12H21NO5. The molecule has 104 valence electrons. The molecule has 6 nitrogen and oxygen atoms in total. The van der Waals surface area contributed by atoms with Crippen LogP contribution in [0.25, 0.3) is 0 Å². The first-order valence-electron chi connectivity index (χ1n) is 6.36. The summed E-state index contributed by atoms with van der Waals surface area (Å²) in [6.45, 7) is 7.95. The second kappa shape index (κ2) is 3.88. The van der Waals surface area contributed by atoms with Crippen molar-refractivity contribution in [2.24, 2.45) is 5.73 Å². The molecule has 3 fully saturated rings. The summed E-state index contributed by atoms with van der Waals surface area (Å²) in [5, 5.41) is 0. The van der Waals surface area contributed by atoms with Crippen LogP contribution in [0.2, 0.25) is 0 Å². The lowest BCUT2D eigenvalue weighted by Crippen LogP contribution is -2.47. The Bertz CT molecular complexity index is 345. The molecule has 5 atom stereocenters. The van der Waals surface area contributed by atoms with Crippen molar-refractivity contribution in [3.63, 3.8) is 0 Å². The highest BCUT2D eigenvalue weighted by Crippen LogP contribution is 2.39. The van der Waals surface area contributed by atoms with Crippen molar-refractivity contribution in [3.8, 4) is 0 Å². The molecule has 0 radical (unpaired) electrons. The zero-order chi connectivity index (χ0) is 13.1. The van der Waals surface area contributed by atoms with Crippen LogP contribution in [0.5, 0.6) is 0 Å². The minimum Gasteiger partial charge on any atom is -0.348 e. The van der Waals surface area contributed by atoms with Crippen LogP contribution < -0.4 is 5.73 Å². The molecule has 0 saturated carbocycles. The summed E-state index contributed by atoms with van der Waals surface area (Å²) >= 11 is 0. The number of nitrogens with two attached hydrogens (primary N) is 1. The van der Waals surface area contributed by atoms with Crippen molar-refractivity contribution in [2.75, 3.05) is 6.61 Å². The molecule has 6 heteroatoms. The van der Waals surface area contributed by atoms with E-state index in [0.29, 0.717) is 6.61 Å². The molecule has 0 aromatic carbocycles. The van der Waals surface area contributed by atoms with Crippen molar-refractivity contribution in [1.29, 1.82) is 0 Å². The maximum Gasteiger partial charge on any atom is 0.189 e. The fourth-order valence-corrected chi connectivity index (χ4v) is 2.77. The third kappa shape index (κ3) is 2.07. The van der Waals surface area contributed by atoms with Gasteiger partial charge in [-0.2, -0.15) is 0 Å². The molecule has 0 unspecified atom stereocenters. The van der Waals surface area contributed by atoms with Crippen molar-refractivity contribution in [3.05, 3.63) is 0 Å². The van der Waals surface area contributed by atoms with Gasteiger partial charge in [-0.25, -0.2) is 0 Å². The topological polar surface area (TPSA) is 72.2 Å². The minimum atomic E-state index is -0.635. The molecule has 3 saturated heterocycles. The van der Waals surface area contributed by atoms with Gasteiger partial charge in [0, 0.05) is 0 Å². The number of ether oxygens (including phenoxy) is 5. The molecule has 3 aliphatic rings. The van der Waals surface area contributed by atoms with Gasteiger partial charge in [0.15, 0.2) is 17.9 Å². The minimum absolute atomic E-state index is 0.170. The fourth-order valence-electron chi connectivity index (χ4n) is 2.77. The van der Waals surface area contributed by atoms with Gasteiger partial charge >= 0.3 is 0 Å². The summed E-state index contributed by atoms with van der Waals surface area (Å²) in [5.41, 5.74) is 6.19. The molecular weight excluding hydrogens is 238 g/mol. The summed E-state index contributed by atoms with van der Waals surface area (Å²) in [6.07, 6.45) is -1.07. The molecule has 0 bridgehead atoms. The van der Waals surface area contributed by atoms with E-state index in [1.165, 1.54) is 0 Å². The summed E-state index contributed by atoms with van der Waals surface area (Å²) in [4.78, 5) is 0. The molecule has 3 heterocycles. The standard InChI is InChI=1S/C12H21NO5/c1-11(2)14-5-6(16-11)8-7(13)9-10(15-8)18-12(3,4)17-9/h6-10H,5,13H2,1-4H3/t6-,7+,8+,9-,10+/m0/s1. The van der Waals surface area contributed by atoms with E-state index in [4.69, 9.17) is 29.4 Å². The summed E-state index contributed by atoms with van der Waals surface area (Å²) in [5.74, 6) is -1.21. The van der Waals surface area contributed by atoms with Crippen LogP contribution in [0.4, 0.5) is 0 Å². The van der Waals surface area contributed by atoms with Crippen molar-refractivity contribution in [2.45, 2.75) is 69.9 Å². The van der Waals surface area contributed by atoms with Crippen LogP contribution in [0.3, 0.4) is 0 Å². The average Bonchev–Trinajstić information content (AvgIpc) is 2.81. The quantitative estimate of drug-likeness (QED) is 0.732. The molecule has 0 spiro atoms. The molecule has 18 heavy (non-hydrogen) atoms. The van der Waals surface area contributed by atoms with Crippen LogP contribution in [0.15, 0.2) is 0 Å². The Kier molecular flexibility index (Phi) is 2.75. The van der Waals surface area contributed by atoms with Gasteiger partial charge in [0.25, 0.3) is 0 Å². The van der Waals surface area contributed by atoms with E-state index >= 15 is 0 Å². The first kappa shape index (κ1) is 12.8. The molecule has 2 N–H and O–H groups in total. The molecule has 0 aromatic heterocycles. The number of rotatable bonds is 1. The smallest absolute Gasteiger partial charge is 0.189 e. The third-order valence-corrected chi connectivity index (χ3v) is 3.53. The van der Waals surface area contributed by atoms with E-state index in [0.717, 1.165) is 0 Å². The van der Waals surface area contributed by atoms with Crippen LogP contribution in [0, 0.1) is 0 Å². The maximum absolute atomic E-state index is 6.19. The molecule has 0 amide bonds. The van der Waals surface area contributed by atoms with Gasteiger partial charge in [-0.05, 0) is 27.7 Å². The van der Waals surface area contributed by atoms with E-state index in [1.54, 1.807) is 0 Å². The second-order valence-corrected chi connectivity index (χ2v) is 6.01. The van der Waals surface area contributed by atoms with Gasteiger partial charge in [-0.15, -0.1) is 0 Å². The van der Waals surface area contributed by atoms with E-state index in [9.17, 15) is 0 Å². The molecule has 3 rings (SSSR count). The molecule has 3 aliphatic heterocycles. The zero-order valence-electron chi connectivity index (χ0n) is 11.2. The van der Waals surface area contributed by atoms with Gasteiger partial charge < -0.3 is 29.4 Å². The molecule has 0 aromatic rings. The van der Waals surface area contributed by atoms with E-state index in [1.807, 2.05) is 27.7 Å². The lowest BCUT2D eigenvalue weighted by atomic mass is 10.0. The predicted octanol–water partition coefficient (Wildman–Crippen LogP) is 0.342. The highest BCUT2D eigenvalue weighted by Gasteiger charge is 2.56. The third-order valence-electron chi connectivity index (χ3n) is 3.53. The van der Waals surface area contributed by atoms with Gasteiger partial charge in [0.05, 0.1) is 12.6 Å². The normalized spacial score (nSPS) is 49.5. The van der Waals surface area contributed by atoms with E-state index in [2.05, 4.69) is 0 Å². The highest BCUT2D eigenvalue weighted by atomic mass is 16.8. The van der Waals surface area contributed by atoms with Crippen molar-refractivity contribution < 1.29 is 23.7 Å². The first-order chi connectivity index (χ1) is 8.27. The Labute approximate surface area is 107 Å². The van der Waals surface area contributed by atoms with Crippen molar-refractivity contribution in [1.82, 2.24) is 0 Å². The number of hydrogen-bond donors (Lipinski definition) is 1. The van der Waals surface area contributed by atoms with E-state index < -0.39 is 17.9 Å². The lowest BCUT2D eigenvalue weighted by Gasteiger charge is -2.26. The second-order valence-electron chi connectivity index (χ2n) is 6.01.